The number of fused-ring (bicyclic) bond motifs is 3. The summed E-state index contributed by atoms with van der Waals surface area (Å²) in [6.45, 7) is 4.96. The average Bonchev–Trinajstić information content (AvgIpc) is 2.69. The summed E-state index contributed by atoms with van der Waals surface area (Å²) in [5, 5.41) is 2.17. The molecule has 148 valence electrons. The standard InChI is InChI=1S/C24H25N3O2/c1-14(13-27(3)4)16-9-11-17(12-10-16)20-21-18-7-5-6-8-19(18)23(28)26-22(21)15(2)25-24(20)29/h5-12,14H,13H2,1-4H3,(H,25,29)(H,26,28). The van der Waals surface area contributed by atoms with Crippen molar-refractivity contribution in [3.8, 4) is 11.1 Å². The number of hydrogen-bond donors (Lipinski definition) is 2. The molecular formula is C24H25N3O2. The molecule has 5 heteroatoms. The third kappa shape index (κ3) is 3.38. The number of aromatic amines is 2. The van der Waals surface area contributed by atoms with Crippen LogP contribution in [0.25, 0.3) is 32.8 Å². The van der Waals surface area contributed by atoms with Gasteiger partial charge in [0, 0.05) is 23.0 Å². The third-order valence-electron chi connectivity index (χ3n) is 5.49. The first-order valence-electron chi connectivity index (χ1n) is 9.79. The number of pyridine rings is 2. The predicted octanol–water partition coefficient (Wildman–Crippen LogP) is 4.01. The van der Waals surface area contributed by atoms with Gasteiger partial charge in [-0.05, 0) is 49.5 Å². The minimum Gasteiger partial charge on any atom is -0.324 e. The van der Waals surface area contributed by atoms with Crippen molar-refractivity contribution in [3.63, 3.8) is 0 Å². The Bertz CT molecular complexity index is 1310. The molecule has 1 unspecified atom stereocenters. The van der Waals surface area contributed by atoms with E-state index >= 15 is 0 Å². The van der Waals surface area contributed by atoms with Gasteiger partial charge < -0.3 is 14.9 Å². The van der Waals surface area contributed by atoms with E-state index in [1.807, 2.05) is 37.3 Å². The molecule has 0 spiro atoms. The van der Waals surface area contributed by atoms with Crippen LogP contribution in [0.4, 0.5) is 0 Å². The maximum absolute atomic E-state index is 13.0. The third-order valence-corrected chi connectivity index (χ3v) is 5.49. The van der Waals surface area contributed by atoms with Gasteiger partial charge in [-0.2, -0.15) is 0 Å². The highest BCUT2D eigenvalue weighted by Crippen LogP contribution is 2.31. The van der Waals surface area contributed by atoms with E-state index in [9.17, 15) is 9.59 Å². The van der Waals surface area contributed by atoms with E-state index in [2.05, 4.69) is 48.0 Å². The van der Waals surface area contributed by atoms with E-state index in [1.165, 1.54) is 5.56 Å². The molecule has 0 aliphatic rings. The van der Waals surface area contributed by atoms with Crippen molar-refractivity contribution in [2.45, 2.75) is 19.8 Å². The topological polar surface area (TPSA) is 69.0 Å². The summed E-state index contributed by atoms with van der Waals surface area (Å²) < 4.78 is 0. The van der Waals surface area contributed by atoms with Crippen molar-refractivity contribution >= 4 is 21.7 Å². The van der Waals surface area contributed by atoms with E-state index in [0.29, 0.717) is 28.1 Å². The summed E-state index contributed by atoms with van der Waals surface area (Å²) in [4.78, 5) is 33.6. The minimum absolute atomic E-state index is 0.151. The zero-order chi connectivity index (χ0) is 20.7. The minimum atomic E-state index is -0.152. The van der Waals surface area contributed by atoms with Crippen molar-refractivity contribution in [2.75, 3.05) is 20.6 Å². The number of rotatable bonds is 4. The molecule has 4 aromatic rings. The summed E-state index contributed by atoms with van der Waals surface area (Å²) in [5.41, 5.74) is 3.69. The van der Waals surface area contributed by atoms with Crippen LogP contribution in [0, 0.1) is 6.92 Å². The monoisotopic (exact) mass is 387 g/mol. The smallest absolute Gasteiger partial charge is 0.256 e. The summed E-state index contributed by atoms with van der Waals surface area (Å²) in [5.74, 6) is 0.393. The van der Waals surface area contributed by atoms with E-state index in [0.717, 1.165) is 22.9 Å². The molecule has 2 aromatic carbocycles. The van der Waals surface area contributed by atoms with Crippen LogP contribution in [0.2, 0.25) is 0 Å². The van der Waals surface area contributed by atoms with Crippen LogP contribution in [0.3, 0.4) is 0 Å². The first-order chi connectivity index (χ1) is 13.9. The van der Waals surface area contributed by atoms with Crippen molar-refractivity contribution in [1.29, 1.82) is 0 Å². The number of benzene rings is 2. The van der Waals surface area contributed by atoms with Gasteiger partial charge in [-0.25, -0.2) is 0 Å². The molecule has 2 aromatic heterocycles. The second kappa shape index (κ2) is 7.33. The number of hydrogen-bond acceptors (Lipinski definition) is 3. The normalized spacial score (nSPS) is 12.7. The maximum atomic E-state index is 13.0. The second-order valence-corrected chi connectivity index (χ2v) is 7.99. The van der Waals surface area contributed by atoms with E-state index in [1.54, 1.807) is 6.07 Å². The van der Waals surface area contributed by atoms with Gasteiger partial charge in [0.1, 0.15) is 0 Å². The number of nitrogens with zero attached hydrogens (tertiary/aromatic N) is 1. The number of aryl methyl sites for hydroxylation is 1. The molecule has 0 aliphatic heterocycles. The van der Waals surface area contributed by atoms with Gasteiger partial charge in [0.25, 0.3) is 11.1 Å². The highest BCUT2D eigenvalue weighted by Gasteiger charge is 2.16. The molecule has 0 bridgehead atoms. The highest BCUT2D eigenvalue weighted by molar-refractivity contribution is 6.12. The SMILES string of the molecule is Cc1[nH]c(=O)c(-c2ccc(C(C)CN(C)C)cc2)c2c1[nH]c(=O)c1ccccc12. The zero-order valence-corrected chi connectivity index (χ0v) is 17.2. The van der Waals surface area contributed by atoms with Crippen LogP contribution < -0.4 is 11.1 Å². The summed E-state index contributed by atoms with van der Waals surface area (Å²) in [7, 11) is 4.13. The van der Waals surface area contributed by atoms with Gasteiger partial charge in [-0.15, -0.1) is 0 Å². The molecule has 0 amide bonds. The van der Waals surface area contributed by atoms with Crippen LogP contribution in [0.15, 0.2) is 58.1 Å². The largest absolute Gasteiger partial charge is 0.324 e. The molecule has 4 rings (SSSR count). The number of likely N-dealkylation sites (N-methyl/N-ethyl adjacent to an activating group) is 1. The number of nitrogens with one attached hydrogen (secondary N) is 2. The Kier molecular flexibility index (Phi) is 4.84. The fourth-order valence-corrected chi connectivity index (χ4v) is 4.13. The summed E-state index contributed by atoms with van der Waals surface area (Å²) in [6.07, 6.45) is 0. The molecule has 0 saturated carbocycles. The van der Waals surface area contributed by atoms with Gasteiger partial charge in [0.05, 0.1) is 11.1 Å². The quantitative estimate of drug-likeness (QED) is 0.520. The lowest BCUT2D eigenvalue weighted by Gasteiger charge is -2.18. The molecular weight excluding hydrogens is 362 g/mol. The highest BCUT2D eigenvalue weighted by atomic mass is 16.1. The van der Waals surface area contributed by atoms with Gasteiger partial charge in [-0.3, -0.25) is 9.59 Å². The molecule has 29 heavy (non-hydrogen) atoms. The van der Waals surface area contributed by atoms with E-state index < -0.39 is 0 Å². The van der Waals surface area contributed by atoms with Crippen molar-refractivity contribution in [1.82, 2.24) is 14.9 Å². The van der Waals surface area contributed by atoms with Crippen molar-refractivity contribution in [2.24, 2.45) is 0 Å². The van der Waals surface area contributed by atoms with E-state index in [4.69, 9.17) is 0 Å². The molecule has 0 aliphatic carbocycles. The van der Waals surface area contributed by atoms with Crippen LogP contribution in [-0.2, 0) is 0 Å². The van der Waals surface area contributed by atoms with Gasteiger partial charge in [0.2, 0.25) is 0 Å². The Morgan fingerprint density at radius 1 is 0.897 bits per heavy atom. The Morgan fingerprint density at radius 2 is 1.55 bits per heavy atom. The predicted molar refractivity (Wildman–Crippen MR) is 120 cm³/mol. The molecule has 0 saturated heterocycles. The van der Waals surface area contributed by atoms with Gasteiger partial charge in [0.15, 0.2) is 0 Å². The van der Waals surface area contributed by atoms with Gasteiger partial charge in [-0.1, -0.05) is 49.4 Å². The van der Waals surface area contributed by atoms with Crippen LogP contribution >= 0.6 is 0 Å². The van der Waals surface area contributed by atoms with Crippen LogP contribution in [0.5, 0.6) is 0 Å². The fraction of sp³-hybridized carbons (Fsp3) is 0.250. The molecule has 2 N–H and O–H groups in total. The van der Waals surface area contributed by atoms with Crippen molar-refractivity contribution in [3.05, 3.63) is 80.5 Å². The number of H-pyrrole nitrogens is 2. The van der Waals surface area contributed by atoms with Gasteiger partial charge >= 0.3 is 0 Å². The Balaban J connectivity index is 1.98. The summed E-state index contributed by atoms with van der Waals surface area (Å²) >= 11 is 0. The van der Waals surface area contributed by atoms with E-state index in [-0.39, 0.29) is 11.1 Å². The fourth-order valence-electron chi connectivity index (χ4n) is 4.13. The zero-order valence-electron chi connectivity index (χ0n) is 17.2. The molecule has 2 heterocycles. The number of aromatic nitrogens is 2. The molecule has 5 nitrogen and oxygen atoms in total. The van der Waals surface area contributed by atoms with Crippen LogP contribution in [0.1, 0.15) is 24.1 Å². The molecule has 0 radical (unpaired) electrons. The lowest BCUT2D eigenvalue weighted by atomic mass is 9.94. The first-order valence-corrected chi connectivity index (χ1v) is 9.79. The lowest BCUT2D eigenvalue weighted by Crippen LogP contribution is -2.18. The Morgan fingerprint density at radius 3 is 2.21 bits per heavy atom. The maximum Gasteiger partial charge on any atom is 0.256 e. The lowest BCUT2D eigenvalue weighted by molar-refractivity contribution is 0.383. The average molecular weight is 387 g/mol. The van der Waals surface area contributed by atoms with Crippen LogP contribution in [-0.4, -0.2) is 35.5 Å². The Hall–Kier alpha value is -3.18. The Labute approximate surface area is 169 Å². The summed E-state index contributed by atoms with van der Waals surface area (Å²) in [6, 6.07) is 15.6. The second-order valence-electron chi connectivity index (χ2n) is 7.99. The first kappa shape index (κ1) is 19.2. The van der Waals surface area contributed by atoms with Crippen molar-refractivity contribution < 1.29 is 0 Å². The molecule has 0 fully saturated rings. The molecule has 1 atom stereocenters.